The lowest BCUT2D eigenvalue weighted by atomic mass is 9.96. The Morgan fingerprint density at radius 3 is 2.55 bits per heavy atom. The monoisotopic (exact) mass is 429 g/mol. The molecule has 3 unspecified atom stereocenters. The van der Waals surface area contributed by atoms with Gasteiger partial charge in [0.15, 0.2) is 5.76 Å². The fourth-order valence-electron chi connectivity index (χ4n) is 3.75. The van der Waals surface area contributed by atoms with E-state index >= 15 is 0 Å². The van der Waals surface area contributed by atoms with E-state index in [2.05, 4.69) is 5.32 Å². The summed E-state index contributed by atoms with van der Waals surface area (Å²) in [6, 6.07) is 7.97. The van der Waals surface area contributed by atoms with Crippen molar-refractivity contribution in [3.05, 3.63) is 59.8 Å². The van der Waals surface area contributed by atoms with Gasteiger partial charge >= 0.3 is 0 Å². The zero-order chi connectivity index (χ0) is 22.5. The molecule has 166 valence electrons. The van der Waals surface area contributed by atoms with Gasteiger partial charge in [-0.05, 0) is 37.1 Å². The Hall–Kier alpha value is -3.16. The summed E-state index contributed by atoms with van der Waals surface area (Å²) in [5.74, 6) is -1.56. The van der Waals surface area contributed by atoms with Crippen LogP contribution >= 0.6 is 0 Å². The van der Waals surface area contributed by atoms with Gasteiger partial charge in [0, 0.05) is 25.7 Å². The van der Waals surface area contributed by atoms with Crippen LogP contribution in [0.3, 0.4) is 0 Å². The van der Waals surface area contributed by atoms with E-state index in [1.807, 2.05) is 20.8 Å². The molecule has 2 heterocycles. The minimum absolute atomic E-state index is 0.0918. The first-order chi connectivity index (χ1) is 14.8. The number of carbonyl (C=O) groups excluding carboxylic acids is 3. The van der Waals surface area contributed by atoms with Crippen molar-refractivity contribution in [3.8, 4) is 0 Å². The Bertz CT molecular complexity index is 931. The normalized spacial score (nSPS) is 18.4. The molecule has 8 heteroatoms. The lowest BCUT2D eigenvalue weighted by molar-refractivity contribution is -0.137. The molecule has 0 spiro atoms. The molecule has 1 aliphatic rings. The summed E-state index contributed by atoms with van der Waals surface area (Å²) in [4.78, 5) is 41.9. The standard InChI is InChI=1S/C23H28FN3O4/c1-4-15(2)20(25-21(28)17-8-5-6-9-18(17)24)23(30)26-11-12-27(16(3)14-26)22(29)19-10-7-13-31-19/h5-10,13,15-16,20H,4,11-12,14H2,1-3H3,(H,25,28). The predicted molar refractivity (Wildman–Crippen MR) is 113 cm³/mol. The van der Waals surface area contributed by atoms with Gasteiger partial charge in [-0.15, -0.1) is 0 Å². The van der Waals surface area contributed by atoms with Gasteiger partial charge in [-0.1, -0.05) is 32.4 Å². The molecule has 1 aromatic heterocycles. The maximum atomic E-state index is 14.0. The summed E-state index contributed by atoms with van der Waals surface area (Å²) in [5, 5.41) is 2.73. The van der Waals surface area contributed by atoms with Gasteiger partial charge in [0.2, 0.25) is 5.91 Å². The number of hydrogen-bond acceptors (Lipinski definition) is 4. The van der Waals surface area contributed by atoms with Gasteiger partial charge in [-0.2, -0.15) is 0 Å². The number of benzene rings is 1. The van der Waals surface area contributed by atoms with Crippen molar-refractivity contribution >= 4 is 17.7 Å². The minimum atomic E-state index is -0.781. The van der Waals surface area contributed by atoms with Crippen LogP contribution in [0.25, 0.3) is 0 Å². The number of piperazine rings is 1. The Kier molecular flexibility index (Phi) is 7.09. The van der Waals surface area contributed by atoms with Crippen molar-refractivity contribution in [3.63, 3.8) is 0 Å². The molecule has 1 aromatic carbocycles. The summed E-state index contributed by atoms with van der Waals surface area (Å²) in [7, 11) is 0. The highest BCUT2D eigenvalue weighted by Crippen LogP contribution is 2.18. The quantitative estimate of drug-likeness (QED) is 0.765. The fourth-order valence-corrected chi connectivity index (χ4v) is 3.75. The molecule has 3 amide bonds. The molecule has 3 atom stereocenters. The highest BCUT2D eigenvalue weighted by molar-refractivity contribution is 5.98. The van der Waals surface area contributed by atoms with Crippen LogP contribution in [0.5, 0.6) is 0 Å². The maximum absolute atomic E-state index is 14.0. The SMILES string of the molecule is CCC(C)C(NC(=O)c1ccccc1F)C(=O)N1CCN(C(=O)c2ccco2)C(C)C1. The van der Waals surface area contributed by atoms with Crippen LogP contribution in [0, 0.1) is 11.7 Å². The smallest absolute Gasteiger partial charge is 0.289 e. The zero-order valence-corrected chi connectivity index (χ0v) is 18.0. The second kappa shape index (κ2) is 9.76. The van der Waals surface area contributed by atoms with E-state index in [1.54, 1.807) is 28.0 Å². The molecule has 0 saturated carbocycles. The average molecular weight is 429 g/mol. The lowest BCUT2D eigenvalue weighted by Crippen LogP contribution is -2.60. The summed E-state index contributed by atoms with van der Waals surface area (Å²) in [6.07, 6.45) is 2.12. The molecule has 0 aliphatic carbocycles. The van der Waals surface area contributed by atoms with Crippen molar-refractivity contribution in [2.75, 3.05) is 19.6 Å². The largest absolute Gasteiger partial charge is 0.459 e. The summed E-state index contributed by atoms with van der Waals surface area (Å²) < 4.78 is 19.2. The Balaban J connectivity index is 1.70. The number of hydrogen-bond donors (Lipinski definition) is 1. The third-order valence-corrected chi connectivity index (χ3v) is 5.82. The molecule has 1 N–H and O–H groups in total. The van der Waals surface area contributed by atoms with Crippen LogP contribution in [-0.2, 0) is 4.79 Å². The van der Waals surface area contributed by atoms with Gasteiger partial charge < -0.3 is 19.5 Å². The summed E-state index contributed by atoms with van der Waals surface area (Å²) in [5.41, 5.74) is -0.0918. The van der Waals surface area contributed by atoms with E-state index < -0.39 is 17.8 Å². The van der Waals surface area contributed by atoms with Crippen molar-refractivity contribution in [1.82, 2.24) is 15.1 Å². The molecule has 1 fully saturated rings. The molecule has 0 radical (unpaired) electrons. The second-order valence-electron chi connectivity index (χ2n) is 7.93. The van der Waals surface area contributed by atoms with E-state index in [0.29, 0.717) is 26.1 Å². The van der Waals surface area contributed by atoms with Gasteiger partial charge in [0.25, 0.3) is 11.8 Å². The molecule has 2 aromatic rings. The second-order valence-corrected chi connectivity index (χ2v) is 7.93. The van der Waals surface area contributed by atoms with Crippen LogP contribution in [-0.4, -0.2) is 59.2 Å². The van der Waals surface area contributed by atoms with Crippen molar-refractivity contribution in [1.29, 1.82) is 0 Å². The van der Waals surface area contributed by atoms with Crippen LogP contribution in [0.2, 0.25) is 0 Å². The first kappa shape index (κ1) is 22.5. The zero-order valence-electron chi connectivity index (χ0n) is 18.0. The first-order valence-corrected chi connectivity index (χ1v) is 10.5. The summed E-state index contributed by atoms with van der Waals surface area (Å²) >= 11 is 0. The highest BCUT2D eigenvalue weighted by atomic mass is 19.1. The highest BCUT2D eigenvalue weighted by Gasteiger charge is 2.36. The lowest BCUT2D eigenvalue weighted by Gasteiger charge is -2.41. The molecule has 3 rings (SSSR count). The number of halogens is 1. The third-order valence-electron chi connectivity index (χ3n) is 5.82. The molecule has 1 saturated heterocycles. The number of furan rings is 1. The van der Waals surface area contributed by atoms with E-state index in [4.69, 9.17) is 4.42 Å². The van der Waals surface area contributed by atoms with E-state index in [0.717, 1.165) is 0 Å². The number of carbonyl (C=O) groups is 3. The van der Waals surface area contributed by atoms with Gasteiger partial charge in [0.05, 0.1) is 11.8 Å². The molecular weight excluding hydrogens is 401 g/mol. The van der Waals surface area contributed by atoms with E-state index in [1.165, 1.54) is 24.5 Å². The van der Waals surface area contributed by atoms with Crippen molar-refractivity contribution in [2.24, 2.45) is 5.92 Å². The summed E-state index contributed by atoms with van der Waals surface area (Å²) in [6.45, 7) is 6.73. The minimum Gasteiger partial charge on any atom is -0.459 e. The molecule has 31 heavy (non-hydrogen) atoms. The number of amides is 3. The van der Waals surface area contributed by atoms with Gasteiger partial charge in [-0.25, -0.2) is 4.39 Å². The Morgan fingerprint density at radius 1 is 1.19 bits per heavy atom. The first-order valence-electron chi connectivity index (χ1n) is 10.5. The van der Waals surface area contributed by atoms with Crippen molar-refractivity contribution < 1.29 is 23.2 Å². The number of nitrogens with one attached hydrogen (secondary N) is 1. The Morgan fingerprint density at radius 2 is 1.94 bits per heavy atom. The average Bonchev–Trinajstić information content (AvgIpc) is 3.31. The van der Waals surface area contributed by atoms with Crippen LogP contribution in [0.1, 0.15) is 48.1 Å². The molecular formula is C23H28FN3O4. The van der Waals surface area contributed by atoms with E-state index in [9.17, 15) is 18.8 Å². The maximum Gasteiger partial charge on any atom is 0.289 e. The van der Waals surface area contributed by atoms with Crippen LogP contribution in [0.15, 0.2) is 47.1 Å². The number of nitrogens with zero attached hydrogens (tertiary/aromatic N) is 2. The van der Waals surface area contributed by atoms with Gasteiger partial charge in [-0.3, -0.25) is 14.4 Å². The molecule has 0 bridgehead atoms. The third kappa shape index (κ3) is 4.95. The Labute approximate surface area is 181 Å². The predicted octanol–water partition coefficient (Wildman–Crippen LogP) is 2.94. The fraction of sp³-hybridized carbons (Fsp3) is 0.435. The van der Waals surface area contributed by atoms with Gasteiger partial charge in [0.1, 0.15) is 11.9 Å². The topological polar surface area (TPSA) is 82.9 Å². The van der Waals surface area contributed by atoms with Crippen LogP contribution < -0.4 is 5.32 Å². The van der Waals surface area contributed by atoms with E-state index in [-0.39, 0.29) is 35.1 Å². The number of rotatable bonds is 6. The van der Waals surface area contributed by atoms with Crippen LogP contribution in [0.4, 0.5) is 4.39 Å². The molecule has 1 aliphatic heterocycles. The van der Waals surface area contributed by atoms with Crippen molar-refractivity contribution in [2.45, 2.75) is 39.3 Å². The molecule has 7 nitrogen and oxygen atoms in total.